The van der Waals surface area contributed by atoms with E-state index in [0.717, 1.165) is 0 Å². The molecule has 0 bridgehead atoms. The molecule has 0 saturated carbocycles. The largest absolute Gasteiger partial charge is 0.455 e. The third-order valence-electron chi connectivity index (χ3n) is 5.53. The fourth-order valence-electron chi connectivity index (χ4n) is 3.42. The van der Waals surface area contributed by atoms with Crippen LogP contribution in [0.5, 0.6) is 0 Å². The minimum Gasteiger partial charge on any atom is -0.455 e. The number of esters is 2. The van der Waals surface area contributed by atoms with Crippen LogP contribution < -0.4 is 0 Å². The number of carbonyl (C=O) groups is 3. The van der Waals surface area contributed by atoms with E-state index in [1.807, 2.05) is 0 Å². The fraction of sp³-hybridized carbons (Fsp3) is 0.167. The quantitative estimate of drug-likeness (QED) is 0.0869. The normalized spacial score (nSPS) is 13.6. The van der Waals surface area contributed by atoms with Crippen molar-refractivity contribution in [2.24, 2.45) is 0 Å². The molecule has 0 aliphatic rings. The first-order valence-electron chi connectivity index (χ1n) is 12.0. The van der Waals surface area contributed by atoms with Crippen molar-refractivity contribution in [3.63, 3.8) is 0 Å². The van der Waals surface area contributed by atoms with Gasteiger partial charge in [0.2, 0.25) is 0 Å². The van der Waals surface area contributed by atoms with Gasteiger partial charge in [-0.25, -0.2) is 19.6 Å². The zero-order valence-corrected chi connectivity index (χ0v) is 23.0. The first-order valence-corrected chi connectivity index (χ1v) is 12.7. The highest BCUT2D eigenvalue weighted by atomic mass is 35.5. The van der Waals surface area contributed by atoms with E-state index in [0.29, 0.717) is 22.3 Å². The van der Waals surface area contributed by atoms with Gasteiger partial charge in [0.05, 0.1) is 16.7 Å². The molecule has 2 unspecified atom stereocenters. The number of nitrogens with zero attached hydrogens (tertiary/aromatic N) is 2. The SMILES string of the molecule is C/C=C(/C=C/C(C)=CC(OC(=O)c1ccccc1)C(C)OC(=O)c1ccccc1)C(=O)c1c(Cl)ncnc1Cl. The summed E-state index contributed by atoms with van der Waals surface area (Å²) in [5.41, 5.74) is 1.65. The number of Topliss-reactive ketones (excluding diaryl/α,β-unsaturated/α-hetero) is 1. The van der Waals surface area contributed by atoms with Gasteiger partial charge in [0.25, 0.3) is 0 Å². The Morgan fingerprint density at radius 3 is 1.85 bits per heavy atom. The Morgan fingerprint density at radius 2 is 1.33 bits per heavy atom. The zero-order chi connectivity index (χ0) is 28.4. The van der Waals surface area contributed by atoms with Gasteiger partial charge in [-0.15, -0.1) is 0 Å². The Hall–Kier alpha value is -4.07. The molecule has 0 radical (unpaired) electrons. The van der Waals surface area contributed by atoms with Crippen LogP contribution in [0, 0.1) is 0 Å². The van der Waals surface area contributed by atoms with Crippen LogP contribution in [0.2, 0.25) is 10.3 Å². The Kier molecular flexibility index (Phi) is 10.7. The highest BCUT2D eigenvalue weighted by Crippen LogP contribution is 2.24. The Bertz CT molecular complexity index is 1400. The molecule has 0 fully saturated rings. The van der Waals surface area contributed by atoms with E-state index >= 15 is 0 Å². The molecule has 200 valence electrons. The molecule has 3 aromatic rings. The second-order valence-corrected chi connectivity index (χ2v) is 9.08. The topological polar surface area (TPSA) is 95.5 Å². The maximum Gasteiger partial charge on any atom is 0.338 e. The summed E-state index contributed by atoms with van der Waals surface area (Å²) in [7, 11) is 0. The smallest absolute Gasteiger partial charge is 0.338 e. The molecule has 0 amide bonds. The van der Waals surface area contributed by atoms with Crippen molar-refractivity contribution >= 4 is 40.9 Å². The van der Waals surface area contributed by atoms with Crippen LogP contribution in [0.1, 0.15) is 51.8 Å². The Balaban J connectivity index is 1.84. The van der Waals surface area contributed by atoms with Gasteiger partial charge < -0.3 is 9.47 Å². The van der Waals surface area contributed by atoms with Crippen LogP contribution in [0.25, 0.3) is 0 Å². The molecule has 2 aromatic carbocycles. The van der Waals surface area contributed by atoms with Crippen molar-refractivity contribution in [2.45, 2.75) is 33.0 Å². The van der Waals surface area contributed by atoms with E-state index in [1.54, 1.807) is 106 Å². The molecule has 0 saturated heterocycles. The van der Waals surface area contributed by atoms with Crippen LogP contribution >= 0.6 is 23.2 Å². The van der Waals surface area contributed by atoms with E-state index in [2.05, 4.69) is 9.97 Å². The van der Waals surface area contributed by atoms with Gasteiger partial charge in [-0.3, -0.25) is 4.79 Å². The third kappa shape index (κ3) is 8.21. The molecule has 0 N–H and O–H groups in total. The highest BCUT2D eigenvalue weighted by Gasteiger charge is 2.25. The summed E-state index contributed by atoms with van der Waals surface area (Å²) in [6.45, 7) is 5.09. The van der Waals surface area contributed by atoms with Gasteiger partial charge in [0.1, 0.15) is 22.7 Å². The second-order valence-electron chi connectivity index (χ2n) is 8.36. The molecule has 39 heavy (non-hydrogen) atoms. The average Bonchev–Trinajstić information content (AvgIpc) is 2.93. The molecular formula is C30H26Cl2N2O5. The van der Waals surface area contributed by atoms with E-state index in [4.69, 9.17) is 32.7 Å². The zero-order valence-electron chi connectivity index (χ0n) is 21.5. The molecule has 0 aliphatic carbocycles. The molecule has 9 heteroatoms. The van der Waals surface area contributed by atoms with Crippen LogP contribution in [-0.4, -0.2) is 39.9 Å². The molecule has 7 nitrogen and oxygen atoms in total. The second kappa shape index (κ2) is 14.2. The molecule has 2 atom stereocenters. The lowest BCUT2D eigenvalue weighted by atomic mass is 10.0. The van der Waals surface area contributed by atoms with Crippen molar-refractivity contribution in [3.8, 4) is 0 Å². The van der Waals surface area contributed by atoms with Crippen LogP contribution in [0.15, 0.2) is 102 Å². The number of hydrogen-bond donors (Lipinski definition) is 0. The molecule has 0 aliphatic heterocycles. The van der Waals surface area contributed by atoms with Gasteiger partial charge in [0, 0.05) is 5.57 Å². The van der Waals surface area contributed by atoms with Gasteiger partial charge in [-0.1, -0.05) is 83.4 Å². The molecular weight excluding hydrogens is 539 g/mol. The van der Waals surface area contributed by atoms with Gasteiger partial charge in [-0.2, -0.15) is 0 Å². The summed E-state index contributed by atoms with van der Waals surface area (Å²) in [5, 5.41) is -0.107. The lowest BCUT2D eigenvalue weighted by Crippen LogP contribution is -2.32. The van der Waals surface area contributed by atoms with Crippen molar-refractivity contribution in [2.75, 3.05) is 0 Å². The first-order chi connectivity index (χ1) is 18.7. The number of allylic oxidation sites excluding steroid dienone is 5. The summed E-state index contributed by atoms with van der Waals surface area (Å²) >= 11 is 12.1. The predicted molar refractivity (Wildman–Crippen MR) is 150 cm³/mol. The van der Waals surface area contributed by atoms with E-state index in [1.165, 1.54) is 6.33 Å². The molecule has 3 rings (SSSR count). The fourth-order valence-corrected chi connectivity index (χ4v) is 3.91. The highest BCUT2D eigenvalue weighted by molar-refractivity contribution is 6.39. The summed E-state index contributed by atoms with van der Waals surface area (Å²) in [6.07, 6.45) is 5.90. The van der Waals surface area contributed by atoms with E-state index in [9.17, 15) is 14.4 Å². The summed E-state index contributed by atoms with van der Waals surface area (Å²) in [5.74, 6) is -1.57. The standard InChI is InChI=1S/C30H26Cl2N2O5/c1-4-21(26(35)25-27(31)33-18-34-28(25)32)16-15-19(2)17-24(39-30(37)23-13-9-6-10-14-23)20(3)38-29(36)22-11-7-5-8-12-22/h4-18,20,24H,1-3H3/b16-15+,19-17?,21-4-. The Labute approximate surface area is 236 Å². The van der Waals surface area contributed by atoms with Crippen molar-refractivity contribution in [1.82, 2.24) is 9.97 Å². The van der Waals surface area contributed by atoms with E-state index in [-0.39, 0.29) is 15.9 Å². The predicted octanol–water partition coefficient (Wildman–Crippen LogP) is 6.89. The van der Waals surface area contributed by atoms with Crippen LogP contribution in [0.3, 0.4) is 0 Å². The summed E-state index contributed by atoms with van der Waals surface area (Å²) < 4.78 is 11.3. The lowest BCUT2D eigenvalue weighted by Gasteiger charge is -2.22. The van der Waals surface area contributed by atoms with Crippen molar-refractivity contribution in [1.29, 1.82) is 0 Å². The maximum atomic E-state index is 13.0. The van der Waals surface area contributed by atoms with Gasteiger partial charge in [-0.05, 0) is 51.1 Å². The number of carbonyl (C=O) groups excluding carboxylic acids is 3. The van der Waals surface area contributed by atoms with Gasteiger partial charge in [0.15, 0.2) is 11.9 Å². The number of aromatic nitrogens is 2. The minimum atomic E-state index is -0.925. The number of ketones is 1. The average molecular weight is 565 g/mol. The van der Waals surface area contributed by atoms with Crippen LogP contribution in [-0.2, 0) is 9.47 Å². The molecule has 1 aromatic heterocycles. The first kappa shape index (κ1) is 29.5. The summed E-state index contributed by atoms with van der Waals surface area (Å²) in [6, 6.07) is 17.0. The monoisotopic (exact) mass is 564 g/mol. The van der Waals surface area contributed by atoms with Crippen LogP contribution in [0.4, 0.5) is 0 Å². The number of benzene rings is 2. The van der Waals surface area contributed by atoms with Gasteiger partial charge >= 0.3 is 11.9 Å². The molecule has 0 spiro atoms. The van der Waals surface area contributed by atoms with E-state index < -0.39 is 29.9 Å². The third-order valence-corrected chi connectivity index (χ3v) is 6.10. The number of rotatable bonds is 10. The number of hydrogen-bond acceptors (Lipinski definition) is 7. The summed E-state index contributed by atoms with van der Waals surface area (Å²) in [4.78, 5) is 46.1. The maximum absolute atomic E-state index is 13.0. The lowest BCUT2D eigenvalue weighted by molar-refractivity contribution is -0.0155. The van der Waals surface area contributed by atoms with Crippen molar-refractivity contribution < 1.29 is 23.9 Å². The number of ether oxygens (including phenoxy) is 2. The van der Waals surface area contributed by atoms with Crippen molar-refractivity contribution in [3.05, 3.63) is 129 Å². The molecule has 1 heterocycles. The Morgan fingerprint density at radius 1 is 0.821 bits per heavy atom. The minimum absolute atomic E-state index is 0.00340. The number of halogens is 2.